The molecule has 2 rings (SSSR count). The van der Waals surface area contributed by atoms with E-state index >= 15 is 0 Å². The molecule has 0 saturated heterocycles. The second-order valence-electron chi connectivity index (χ2n) is 3.07. The van der Waals surface area contributed by atoms with Crippen LogP contribution in [0.2, 0.25) is 0 Å². The van der Waals surface area contributed by atoms with Gasteiger partial charge in [0.15, 0.2) is 10.9 Å². The molecule has 0 atom stereocenters. The van der Waals surface area contributed by atoms with Crippen LogP contribution in [0.15, 0.2) is 11.2 Å². The van der Waals surface area contributed by atoms with Crippen molar-refractivity contribution in [3.05, 3.63) is 11.9 Å². The van der Waals surface area contributed by atoms with Gasteiger partial charge in [0.05, 0.1) is 7.11 Å². The van der Waals surface area contributed by atoms with E-state index in [0.29, 0.717) is 22.5 Å². The Bertz CT molecular complexity index is 578. The summed E-state index contributed by atoms with van der Waals surface area (Å²) in [6, 6.07) is 0. The van der Waals surface area contributed by atoms with Gasteiger partial charge in [0.25, 0.3) is 5.78 Å². The Balaban J connectivity index is 2.61. The van der Waals surface area contributed by atoms with E-state index in [4.69, 9.17) is 10.5 Å². The molecule has 8 heteroatoms. The number of nitrogens with two attached hydrogens (primary N) is 1. The molecular formula is C9H12N6OS. The van der Waals surface area contributed by atoms with Gasteiger partial charge in [0, 0.05) is 0 Å². The quantitative estimate of drug-likeness (QED) is 0.639. The number of allylic oxidation sites excluding steroid dienone is 1. The molecule has 17 heavy (non-hydrogen) atoms. The third-order valence-electron chi connectivity index (χ3n) is 2.10. The lowest BCUT2D eigenvalue weighted by atomic mass is 10.4. The lowest BCUT2D eigenvalue weighted by Crippen LogP contribution is -2.05. The molecule has 0 aliphatic rings. The zero-order chi connectivity index (χ0) is 12.4. The number of hydrogen-bond donors (Lipinski definition) is 1. The van der Waals surface area contributed by atoms with Gasteiger partial charge in [-0.1, -0.05) is 11.8 Å². The van der Waals surface area contributed by atoms with Crippen LogP contribution in [0.4, 0.5) is 5.95 Å². The molecule has 0 aliphatic heterocycles. The highest BCUT2D eigenvalue weighted by Gasteiger charge is 2.13. The fourth-order valence-electron chi connectivity index (χ4n) is 1.32. The fourth-order valence-corrected chi connectivity index (χ4v) is 1.68. The molecule has 2 aromatic rings. The molecular weight excluding hydrogens is 240 g/mol. The normalized spacial score (nSPS) is 12.1. The maximum atomic E-state index is 5.76. The first-order chi connectivity index (χ1) is 8.19. The number of anilines is 1. The highest BCUT2D eigenvalue weighted by atomic mass is 32.2. The number of aromatic nitrogens is 5. The van der Waals surface area contributed by atoms with Crippen LogP contribution < -0.4 is 5.73 Å². The van der Waals surface area contributed by atoms with Crippen LogP contribution in [0, 0.1) is 0 Å². The molecule has 0 saturated carbocycles. The van der Waals surface area contributed by atoms with Gasteiger partial charge >= 0.3 is 0 Å². The van der Waals surface area contributed by atoms with Crippen LogP contribution in [-0.4, -0.2) is 37.9 Å². The Morgan fingerprint density at radius 2 is 2.18 bits per heavy atom. The molecule has 2 heterocycles. The minimum absolute atomic E-state index is 0.254. The molecule has 2 N–H and O–H groups in total. The third-order valence-corrected chi connectivity index (χ3v) is 2.65. The van der Waals surface area contributed by atoms with Gasteiger partial charge in [-0.3, -0.25) is 0 Å². The lowest BCUT2D eigenvalue weighted by Gasteiger charge is -1.98. The summed E-state index contributed by atoms with van der Waals surface area (Å²) in [4.78, 5) is 12.5. The Morgan fingerprint density at radius 3 is 2.76 bits per heavy atom. The van der Waals surface area contributed by atoms with Crippen molar-refractivity contribution in [3.8, 4) is 0 Å². The first-order valence-electron chi connectivity index (χ1n) is 4.84. The predicted octanol–water partition coefficient (Wildman–Crippen LogP) is 0.831. The zero-order valence-electron chi connectivity index (χ0n) is 9.71. The number of nitrogens with zero attached hydrogens (tertiary/aromatic N) is 5. The topological polar surface area (TPSA) is 91.2 Å². The van der Waals surface area contributed by atoms with Gasteiger partial charge in [-0.2, -0.15) is 19.5 Å². The second-order valence-corrected chi connectivity index (χ2v) is 3.85. The van der Waals surface area contributed by atoms with Crippen molar-refractivity contribution < 1.29 is 4.74 Å². The van der Waals surface area contributed by atoms with Crippen LogP contribution in [-0.2, 0) is 4.74 Å². The van der Waals surface area contributed by atoms with E-state index in [1.807, 2.05) is 13.2 Å². The van der Waals surface area contributed by atoms with Crippen molar-refractivity contribution in [1.29, 1.82) is 0 Å². The molecule has 0 bridgehead atoms. The first-order valence-corrected chi connectivity index (χ1v) is 6.07. The van der Waals surface area contributed by atoms with E-state index in [-0.39, 0.29) is 5.95 Å². The smallest absolute Gasteiger partial charge is 0.258 e. The minimum Gasteiger partial charge on any atom is -0.493 e. The summed E-state index contributed by atoms with van der Waals surface area (Å²) in [6.07, 6.45) is 3.64. The molecule has 0 unspecified atom stereocenters. The number of rotatable bonds is 3. The van der Waals surface area contributed by atoms with Crippen LogP contribution in [0.25, 0.3) is 11.5 Å². The Kier molecular flexibility index (Phi) is 3.14. The largest absolute Gasteiger partial charge is 0.493 e. The molecule has 0 amide bonds. The summed E-state index contributed by atoms with van der Waals surface area (Å²) < 4.78 is 6.53. The van der Waals surface area contributed by atoms with Crippen molar-refractivity contribution >= 4 is 29.2 Å². The van der Waals surface area contributed by atoms with E-state index in [9.17, 15) is 0 Å². The van der Waals surface area contributed by atoms with Crippen LogP contribution >= 0.6 is 11.8 Å². The van der Waals surface area contributed by atoms with E-state index in [1.165, 1.54) is 16.3 Å². The highest BCUT2D eigenvalue weighted by molar-refractivity contribution is 7.98. The second kappa shape index (κ2) is 4.58. The summed E-state index contributed by atoms with van der Waals surface area (Å²) in [5.41, 5.74) is 5.76. The Morgan fingerprint density at radius 1 is 1.41 bits per heavy atom. The van der Waals surface area contributed by atoms with Gasteiger partial charge in [0.2, 0.25) is 11.8 Å². The molecule has 0 aromatic carbocycles. The van der Waals surface area contributed by atoms with Crippen molar-refractivity contribution in [2.45, 2.75) is 12.1 Å². The summed E-state index contributed by atoms with van der Waals surface area (Å²) in [5, 5.41) is 4.75. The maximum Gasteiger partial charge on any atom is 0.258 e. The summed E-state index contributed by atoms with van der Waals surface area (Å²) in [7, 11) is 1.56. The number of nitrogen functional groups attached to an aromatic ring is 1. The molecule has 0 spiro atoms. The van der Waals surface area contributed by atoms with Crippen molar-refractivity contribution in [3.63, 3.8) is 0 Å². The van der Waals surface area contributed by atoms with Crippen molar-refractivity contribution in [2.24, 2.45) is 0 Å². The Labute approximate surface area is 102 Å². The monoisotopic (exact) mass is 252 g/mol. The molecule has 7 nitrogen and oxygen atoms in total. The predicted molar refractivity (Wildman–Crippen MR) is 65.4 cm³/mol. The van der Waals surface area contributed by atoms with Crippen molar-refractivity contribution in [2.75, 3.05) is 19.1 Å². The van der Waals surface area contributed by atoms with E-state index in [0.717, 1.165) is 0 Å². The number of thioether (sulfide) groups is 1. The summed E-state index contributed by atoms with van der Waals surface area (Å²) >= 11 is 1.40. The molecule has 0 radical (unpaired) electrons. The Hall–Kier alpha value is -1.83. The number of fused-ring (bicyclic) bond motifs is 1. The van der Waals surface area contributed by atoms with Gasteiger partial charge in [-0.15, -0.1) is 5.10 Å². The van der Waals surface area contributed by atoms with Gasteiger partial charge in [-0.25, -0.2) is 0 Å². The highest BCUT2D eigenvalue weighted by Crippen LogP contribution is 2.15. The first kappa shape index (κ1) is 11.6. The van der Waals surface area contributed by atoms with E-state index < -0.39 is 0 Å². The lowest BCUT2D eigenvalue weighted by molar-refractivity contribution is 0.365. The van der Waals surface area contributed by atoms with Crippen molar-refractivity contribution in [1.82, 2.24) is 24.6 Å². The number of methoxy groups -OCH3 is 1. The van der Waals surface area contributed by atoms with Crippen LogP contribution in [0.3, 0.4) is 0 Å². The average molecular weight is 252 g/mol. The van der Waals surface area contributed by atoms with Crippen LogP contribution in [0.1, 0.15) is 12.7 Å². The molecule has 0 fully saturated rings. The fraction of sp³-hybridized carbons (Fsp3) is 0.333. The SMILES string of the molecule is C/C=C(\OC)c1nc2nc(SC)nc(N)n2n1. The van der Waals surface area contributed by atoms with Gasteiger partial charge in [-0.05, 0) is 19.3 Å². The number of ether oxygens (including phenoxy) is 1. The molecule has 90 valence electrons. The maximum absolute atomic E-state index is 5.76. The van der Waals surface area contributed by atoms with E-state index in [1.54, 1.807) is 13.2 Å². The van der Waals surface area contributed by atoms with Gasteiger partial charge in [0.1, 0.15) is 0 Å². The van der Waals surface area contributed by atoms with Crippen LogP contribution in [0.5, 0.6) is 0 Å². The summed E-state index contributed by atoms with van der Waals surface area (Å²) in [5.74, 6) is 1.67. The average Bonchev–Trinajstić information content (AvgIpc) is 2.75. The zero-order valence-corrected chi connectivity index (χ0v) is 10.5. The molecule has 0 aliphatic carbocycles. The minimum atomic E-state index is 0.254. The van der Waals surface area contributed by atoms with E-state index in [2.05, 4.69) is 20.1 Å². The standard InChI is InChI=1S/C9H12N6OS/c1-4-5(16-2)6-11-8-13-9(17-3)12-7(10)15(8)14-6/h4H,1-3H3,(H2,10,11,12,13,14)/b5-4-. The van der Waals surface area contributed by atoms with Gasteiger partial charge < -0.3 is 10.5 Å². The number of hydrogen-bond acceptors (Lipinski definition) is 7. The summed E-state index contributed by atoms with van der Waals surface area (Å²) in [6.45, 7) is 1.84. The molecule has 2 aromatic heterocycles. The third kappa shape index (κ3) is 2.03.